The highest BCUT2D eigenvalue weighted by atomic mass is 35.5. The standard InChI is InChI=1S/C10H15ClO3/c1-9(7(12)5-11)6-13-10(2)4-3-8(9)14-10/h8H,3-6H2,1-2H3/t8-,9-,10+/m0/s1. The van der Waals surface area contributed by atoms with Gasteiger partial charge in [0.1, 0.15) is 0 Å². The van der Waals surface area contributed by atoms with E-state index in [1.807, 2.05) is 13.8 Å². The maximum atomic E-state index is 11.7. The van der Waals surface area contributed by atoms with E-state index in [4.69, 9.17) is 21.1 Å². The molecule has 0 spiro atoms. The molecule has 2 aliphatic heterocycles. The first-order valence-electron chi connectivity index (χ1n) is 4.91. The van der Waals surface area contributed by atoms with E-state index in [-0.39, 0.29) is 17.8 Å². The van der Waals surface area contributed by atoms with Crippen LogP contribution in [-0.4, -0.2) is 30.2 Å². The van der Waals surface area contributed by atoms with Crippen LogP contribution in [0.1, 0.15) is 26.7 Å². The minimum Gasteiger partial charge on any atom is -0.349 e. The fourth-order valence-electron chi connectivity index (χ4n) is 2.18. The van der Waals surface area contributed by atoms with Crippen LogP contribution in [0.25, 0.3) is 0 Å². The summed E-state index contributed by atoms with van der Waals surface area (Å²) in [7, 11) is 0. The first-order valence-corrected chi connectivity index (χ1v) is 5.45. The molecule has 14 heavy (non-hydrogen) atoms. The van der Waals surface area contributed by atoms with E-state index in [9.17, 15) is 4.79 Å². The molecule has 2 bridgehead atoms. The van der Waals surface area contributed by atoms with Gasteiger partial charge in [-0.3, -0.25) is 4.79 Å². The highest BCUT2D eigenvalue weighted by Gasteiger charge is 2.54. The molecule has 2 rings (SSSR count). The lowest BCUT2D eigenvalue weighted by Gasteiger charge is -2.41. The second kappa shape index (κ2) is 3.19. The minimum atomic E-state index is -0.544. The van der Waals surface area contributed by atoms with Gasteiger partial charge in [-0.05, 0) is 20.3 Å². The second-order valence-electron chi connectivity index (χ2n) is 4.54. The number of alkyl halides is 1. The summed E-state index contributed by atoms with van der Waals surface area (Å²) in [5.41, 5.74) is -0.544. The van der Waals surface area contributed by atoms with E-state index in [1.54, 1.807) is 0 Å². The third-order valence-corrected chi connectivity index (χ3v) is 3.64. The average Bonchev–Trinajstić information content (AvgIpc) is 2.52. The van der Waals surface area contributed by atoms with Crippen molar-refractivity contribution >= 4 is 17.4 Å². The summed E-state index contributed by atoms with van der Waals surface area (Å²) in [6.07, 6.45) is 1.73. The fourth-order valence-corrected chi connectivity index (χ4v) is 2.48. The lowest BCUT2D eigenvalue weighted by atomic mass is 9.80. The van der Waals surface area contributed by atoms with E-state index >= 15 is 0 Å². The van der Waals surface area contributed by atoms with Crippen molar-refractivity contribution in [3.8, 4) is 0 Å². The Morgan fingerprint density at radius 3 is 2.93 bits per heavy atom. The Kier molecular flexibility index (Phi) is 2.37. The van der Waals surface area contributed by atoms with Crippen molar-refractivity contribution in [2.24, 2.45) is 5.41 Å². The third kappa shape index (κ3) is 1.38. The molecule has 0 aromatic rings. The van der Waals surface area contributed by atoms with Gasteiger partial charge in [-0.2, -0.15) is 0 Å². The van der Waals surface area contributed by atoms with E-state index in [1.165, 1.54) is 0 Å². The minimum absolute atomic E-state index is 0.0208. The molecular weight excluding hydrogens is 204 g/mol. The molecule has 0 aliphatic carbocycles. The molecule has 3 nitrogen and oxygen atoms in total. The van der Waals surface area contributed by atoms with Crippen LogP contribution in [0.4, 0.5) is 0 Å². The molecular formula is C10H15ClO3. The number of carbonyl (C=O) groups excluding carboxylic acids is 1. The average molecular weight is 219 g/mol. The number of ketones is 1. The molecule has 80 valence electrons. The van der Waals surface area contributed by atoms with Gasteiger partial charge in [0.25, 0.3) is 0 Å². The molecule has 2 heterocycles. The summed E-state index contributed by atoms with van der Waals surface area (Å²) in [6.45, 7) is 4.24. The number of ether oxygens (including phenoxy) is 2. The number of fused-ring (bicyclic) bond motifs is 2. The van der Waals surface area contributed by atoms with Crippen molar-refractivity contribution in [1.82, 2.24) is 0 Å². The Hall–Kier alpha value is -0.120. The summed E-state index contributed by atoms with van der Waals surface area (Å²) in [4.78, 5) is 11.7. The molecule has 0 saturated carbocycles. The van der Waals surface area contributed by atoms with E-state index in [0.29, 0.717) is 6.61 Å². The molecule has 0 N–H and O–H groups in total. The van der Waals surface area contributed by atoms with Crippen molar-refractivity contribution in [3.63, 3.8) is 0 Å². The van der Waals surface area contributed by atoms with Crippen molar-refractivity contribution < 1.29 is 14.3 Å². The Labute approximate surface area is 88.7 Å². The van der Waals surface area contributed by atoms with Crippen molar-refractivity contribution in [2.75, 3.05) is 12.5 Å². The van der Waals surface area contributed by atoms with Crippen LogP contribution in [0.2, 0.25) is 0 Å². The molecule has 0 radical (unpaired) electrons. The van der Waals surface area contributed by atoms with Gasteiger partial charge in [0.2, 0.25) is 0 Å². The Morgan fingerprint density at radius 2 is 2.29 bits per heavy atom. The van der Waals surface area contributed by atoms with E-state index in [2.05, 4.69) is 0 Å². The molecule has 4 heteroatoms. The van der Waals surface area contributed by atoms with Gasteiger partial charge in [0.05, 0.1) is 24.0 Å². The number of Topliss-reactive ketones (excluding diaryl/α,β-unsaturated/α-hetero) is 1. The zero-order valence-corrected chi connectivity index (χ0v) is 9.26. The lowest BCUT2D eigenvalue weighted by Crippen LogP contribution is -2.51. The molecule has 3 atom stereocenters. The van der Waals surface area contributed by atoms with Crippen LogP contribution in [0.5, 0.6) is 0 Å². The monoisotopic (exact) mass is 218 g/mol. The SMILES string of the molecule is C[C@]12CC[C@H](O1)[C@](C)(C(=O)CCl)CO2. The number of rotatable bonds is 2. The van der Waals surface area contributed by atoms with Crippen LogP contribution >= 0.6 is 11.6 Å². The van der Waals surface area contributed by atoms with Crippen LogP contribution in [-0.2, 0) is 14.3 Å². The van der Waals surface area contributed by atoms with Crippen molar-refractivity contribution in [3.05, 3.63) is 0 Å². The lowest BCUT2D eigenvalue weighted by molar-refractivity contribution is -0.282. The molecule has 2 fully saturated rings. The summed E-state index contributed by atoms with van der Waals surface area (Å²) in [5.74, 6) is -0.402. The van der Waals surface area contributed by atoms with Crippen LogP contribution < -0.4 is 0 Å². The highest BCUT2D eigenvalue weighted by Crippen LogP contribution is 2.46. The van der Waals surface area contributed by atoms with Crippen molar-refractivity contribution in [1.29, 1.82) is 0 Å². The van der Waals surface area contributed by atoms with E-state index in [0.717, 1.165) is 12.8 Å². The normalized spacial score (nSPS) is 46.6. The van der Waals surface area contributed by atoms with Crippen molar-refractivity contribution in [2.45, 2.75) is 38.6 Å². The van der Waals surface area contributed by atoms with Crippen LogP contribution in [0.3, 0.4) is 0 Å². The summed E-state index contributed by atoms with van der Waals surface area (Å²) in [6, 6.07) is 0. The number of carbonyl (C=O) groups is 1. The van der Waals surface area contributed by atoms with Gasteiger partial charge in [0.15, 0.2) is 11.6 Å². The Balaban J connectivity index is 2.20. The maximum absolute atomic E-state index is 11.7. The second-order valence-corrected chi connectivity index (χ2v) is 4.81. The third-order valence-electron chi connectivity index (χ3n) is 3.40. The number of halogens is 1. The van der Waals surface area contributed by atoms with Crippen LogP contribution in [0, 0.1) is 5.41 Å². The zero-order chi connectivity index (χ0) is 10.4. The Bertz CT molecular complexity index is 268. The van der Waals surface area contributed by atoms with E-state index < -0.39 is 11.2 Å². The molecule has 0 aromatic carbocycles. The highest BCUT2D eigenvalue weighted by molar-refractivity contribution is 6.28. The molecule has 0 amide bonds. The van der Waals surface area contributed by atoms with Gasteiger partial charge < -0.3 is 9.47 Å². The van der Waals surface area contributed by atoms with Gasteiger partial charge in [-0.25, -0.2) is 0 Å². The zero-order valence-electron chi connectivity index (χ0n) is 8.51. The Morgan fingerprint density at radius 1 is 1.57 bits per heavy atom. The number of hydrogen-bond donors (Lipinski definition) is 0. The largest absolute Gasteiger partial charge is 0.349 e. The smallest absolute Gasteiger partial charge is 0.166 e. The topological polar surface area (TPSA) is 35.5 Å². The van der Waals surface area contributed by atoms with Gasteiger partial charge in [-0.1, -0.05) is 0 Å². The summed E-state index contributed by atoms with van der Waals surface area (Å²) < 4.78 is 11.3. The molecule has 0 aromatic heterocycles. The van der Waals surface area contributed by atoms with Gasteiger partial charge >= 0.3 is 0 Å². The first kappa shape index (κ1) is 10.4. The molecule has 2 saturated heterocycles. The summed E-state index contributed by atoms with van der Waals surface area (Å²) >= 11 is 5.58. The predicted molar refractivity (Wildman–Crippen MR) is 52.3 cm³/mol. The summed E-state index contributed by atoms with van der Waals surface area (Å²) in [5, 5.41) is 0. The maximum Gasteiger partial charge on any atom is 0.166 e. The van der Waals surface area contributed by atoms with Crippen LogP contribution in [0.15, 0.2) is 0 Å². The molecule has 0 unspecified atom stereocenters. The van der Waals surface area contributed by atoms with Gasteiger partial charge in [-0.15, -0.1) is 11.6 Å². The predicted octanol–water partition coefficient (Wildman–Crippen LogP) is 1.73. The fraction of sp³-hybridized carbons (Fsp3) is 0.900. The number of hydrogen-bond acceptors (Lipinski definition) is 3. The van der Waals surface area contributed by atoms with Gasteiger partial charge in [0, 0.05) is 6.42 Å². The first-order chi connectivity index (χ1) is 6.50. The molecule has 2 aliphatic rings. The quantitative estimate of drug-likeness (QED) is 0.663.